The Morgan fingerprint density at radius 2 is 1.67 bits per heavy atom. The monoisotopic (exact) mass is 343 g/mol. The first kappa shape index (κ1) is 16.3. The highest BCUT2D eigenvalue weighted by atomic mass is 35.5. The summed E-state index contributed by atoms with van der Waals surface area (Å²) >= 11 is 5.95. The van der Waals surface area contributed by atoms with E-state index in [0.29, 0.717) is 11.4 Å². The molecule has 0 aliphatic heterocycles. The maximum absolute atomic E-state index is 13.2. The van der Waals surface area contributed by atoms with Crippen LogP contribution in [-0.4, -0.2) is 15.6 Å². The van der Waals surface area contributed by atoms with Crippen molar-refractivity contribution >= 4 is 17.6 Å². The zero-order valence-electron chi connectivity index (χ0n) is 12.7. The Kier molecular flexibility index (Phi) is 4.67. The maximum Gasteiger partial charge on any atom is 0.303 e. The molecule has 1 heterocycles. The first-order valence-electron chi connectivity index (χ1n) is 7.49. The second-order valence-electron chi connectivity index (χ2n) is 5.42. The molecule has 0 atom stereocenters. The van der Waals surface area contributed by atoms with Crippen molar-refractivity contribution in [3.63, 3.8) is 0 Å². The third-order valence-electron chi connectivity index (χ3n) is 3.78. The zero-order valence-corrected chi connectivity index (χ0v) is 13.5. The molecule has 0 saturated heterocycles. The molecular weight excluding hydrogens is 329 g/mol. The molecule has 0 bridgehead atoms. The van der Waals surface area contributed by atoms with Crippen LogP contribution in [-0.2, 0) is 11.2 Å². The Hall–Kier alpha value is -2.59. The predicted octanol–water partition coefficient (Wildman–Crippen LogP) is 4.95. The van der Waals surface area contributed by atoms with Crippen molar-refractivity contribution in [1.29, 1.82) is 0 Å². The molecule has 0 spiro atoms. The van der Waals surface area contributed by atoms with Gasteiger partial charge >= 0.3 is 5.97 Å². The fraction of sp³-hybridized carbons (Fsp3) is 0.105. The predicted molar refractivity (Wildman–Crippen MR) is 92.1 cm³/mol. The van der Waals surface area contributed by atoms with Crippen LogP contribution in [0.25, 0.3) is 16.9 Å². The summed E-state index contributed by atoms with van der Waals surface area (Å²) in [6.45, 7) is 0. The summed E-state index contributed by atoms with van der Waals surface area (Å²) < 4.78 is 15.2. The molecule has 1 aromatic heterocycles. The van der Waals surface area contributed by atoms with Crippen LogP contribution in [0.2, 0.25) is 5.02 Å². The largest absolute Gasteiger partial charge is 0.481 e. The number of benzene rings is 2. The molecule has 3 aromatic rings. The molecule has 0 aliphatic rings. The van der Waals surface area contributed by atoms with Gasteiger partial charge in [-0.3, -0.25) is 4.79 Å². The van der Waals surface area contributed by atoms with Gasteiger partial charge in [0.05, 0.1) is 12.1 Å². The average molecular weight is 344 g/mol. The van der Waals surface area contributed by atoms with Gasteiger partial charge in [0.15, 0.2) is 0 Å². The Morgan fingerprint density at radius 3 is 2.29 bits per heavy atom. The molecular formula is C19H15ClFNO2. The number of rotatable bonds is 5. The standard InChI is InChI=1S/C19H15ClFNO2/c20-14-3-1-13(2-4-14)18-11-9-17(10-12-19(23)24)22(18)16-7-5-15(21)6-8-16/h1-9,11H,10,12H2,(H,23,24). The second-order valence-corrected chi connectivity index (χ2v) is 5.86. The molecule has 3 nitrogen and oxygen atoms in total. The normalized spacial score (nSPS) is 10.8. The van der Waals surface area contributed by atoms with E-state index in [2.05, 4.69) is 0 Å². The summed E-state index contributed by atoms with van der Waals surface area (Å²) in [5, 5.41) is 9.60. The van der Waals surface area contributed by atoms with Gasteiger partial charge in [-0.05, 0) is 60.5 Å². The van der Waals surface area contributed by atoms with Crippen molar-refractivity contribution < 1.29 is 14.3 Å². The number of halogens is 2. The number of aliphatic carboxylic acids is 1. The first-order valence-corrected chi connectivity index (χ1v) is 7.87. The van der Waals surface area contributed by atoms with Gasteiger partial charge in [0, 0.05) is 16.4 Å². The van der Waals surface area contributed by atoms with E-state index < -0.39 is 5.97 Å². The quantitative estimate of drug-likeness (QED) is 0.712. The lowest BCUT2D eigenvalue weighted by Gasteiger charge is -2.14. The van der Waals surface area contributed by atoms with E-state index in [-0.39, 0.29) is 12.2 Å². The molecule has 1 N–H and O–H groups in total. The molecule has 3 rings (SSSR count). The van der Waals surface area contributed by atoms with E-state index in [0.717, 1.165) is 22.6 Å². The van der Waals surface area contributed by atoms with E-state index in [1.165, 1.54) is 12.1 Å². The molecule has 2 aromatic carbocycles. The fourth-order valence-electron chi connectivity index (χ4n) is 2.65. The summed E-state index contributed by atoms with van der Waals surface area (Å²) in [4.78, 5) is 10.9. The summed E-state index contributed by atoms with van der Waals surface area (Å²) in [5.41, 5.74) is 3.49. The lowest BCUT2D eigenvalue weighted by atomic mass is 10.1. The Bertz CT molecular complexity index is 854. The number of hydrogen-bond acceptors (Lipinski definition) is 1. The third kappa shape index (κ3) is 3.49. The van der Waals surface area contributed by atoms with E-state index in [9.17, 15) is 9.18 Å². The van der Waals surface area contributed by atoms with E-state index in [4.69, 9.17) is 16.7 Å². The molecule has 0 aliphatic carbocycles. The van der Waals surface area contributed by atoms with Crippen molar-refractivity contribution in [3.8, 4) is 16.9 Å². The lowest BCUT2D eigenvalue weighted by molar-refractivity contribution is -0.136. The number of aryl methyl sites for hydroxylation is 1. The lowest BCUT2D eigenvalue weighted by Crippen LogP contribution is -2.05. The van der Waals surface area contributed by atoms with E-state index >= 15 is 0 Å². The number of carboxylic acids is 1. The van der Waals surface area contributed by atoms with Crippen molar-refractivity contribution in [2.45, 2.75) is 12.8 Å². The highest BCUT2D eigenvalue weighted by molar-refractivity contribution is 6.30. The van der Waals surface area contributed by atoms with Crippen molar-refractivity contribution in [1.82, 2.24) is 4.57 Å². The van der Waals surface area contributed by atoms with Gasteiger partial charge in [0.25, 0.3) is 0 Å². The van der Waals surface area contributed by atoms with Gasteiger partial charge in [-0.2, -0.15) is 0 Å². The minimum Gasteiger partial charge on any atom is -0.481 e. The van der Waals surface area contributed by atoms with E-state index in [1.807, 2.05) is 28.8 Å². The van der Waals surface area contributed by atoms with Gasteiger partial charge in [-0.1, -0.05) is 23.7 Å². The summed E-state index contributed by atoms with van der Waals surface area (Å²) in [6.07, 6.45) is 0.422. The summed E-state index contributed by atoms with van der Waals surface area (Å²) in [7, 11) is 0. The van der Waals surface area contributed by atoms with Crippen molar-refractivity contribution in [2.75, 3.05) is 0 Å². The van der Waals surface area contributed by atoms with Crippen LogP contribution in [0.4, 0.5) is 4.39 Å². The van der Waals surface area contributed by atoms with Crippen LogP contribution >= 0.6 is 11.6 Å². The van der Waals surface area contributed by atoms with Crippen LogP contribution < -0.4 is 0 Å². The maximum atomic E-state index is 13.2. The van der Waals surface area contributed by atoms with Crippen molar-refractivity contribution in [3.05, 3.63) is 77.2 Å². The van der Waals surface area contributed by atoms with Gasteiger partial charge < -0.3 is 9.67 Å². The zero-order chi connectivity index (χ0) is 17.1. The number of hydrogen-bond donors (Lipinski definition) is 1. The molecule has 5 heteroatoms. The SMILES string of the molecule is O=C(O)CCc1ccc(-c2ccc(Cl)cc2)n1-c1ccc(F)cc1. The van der Waals surface area contributed by atoms with Crippen LogP contribution in [0, 0.1) is 5.82 Å². The Balaban J connectivity index is 2.09. The third-order valence-corrected chi connectivity index (χ3v) is 4.03. The van der Waals surface area contributed by atoms with Crippen LogP contribution in [0.5, 0.6) is 0 Å². The van der Waals surface area contributed by atoms with Crippen LogP contribution in [0.3, 0.4) is 0 Å². The molecule has 0 saturated carbocycles. The smallest absolute Gasteiger partial charge is 0.303 e. The minimum atomic E-state index is -0.852. The van der Waals surface area contributed by atoms with Gasteiger partial charge in [0.1, 0.15) is 5.82 Å². The average Bonchev–Trinajstić information content (AvgIpc) is 2.98. The number of carboxylic acid groups (broad SMARTS) is 1. The van der Waals surface area contributed by atoms with E-state index in [1.54, 1.807) is 24.3 Å². The minimum absolute atomic E-state index is 0.0330. The van der Waals surface area contributed by atoms with Crippen molar-refractivity contribution in [2.24, 2.45) is 0 Å². The molecule has 0 fully saturated rings. The molecule has 0 unspecified atom stereocenters. The van der Waals surface area contributed by atoms with Crippen LogP contribution in [0.15, 0.2) is 60.7 Å². The van der Waals surface area contributed by atoms with Crippen LogP contribution in [0.1, 0.15) is 12.1 Å². The second kappa shape index (κ2) is 6.89. The highest BCUT2D eigenvalue weighted by Gasteiger charge is 2.13. The number of aromatic nitrogens is 1. The van der Waals surface area contributed by atoms with Gasteiger partial charge in [-0.15, -0.1) is 0 Å². The molecule has 122 valence electrons. The fourth-order valence-corrected chi connectivity index (χ4v) is 2.78. The number of nitrogens with zero attached hydrogens (tertiary/aromatic N) is 1. The summed E-state index contributed by atoms with van der Waals surface area (Å²) in [5.74, 6) is -1.17. The molecule has 24 heavy (non-hydrogen) atoms. The van der Waals surface area contributed by atoms with Gasteiger partial charge in [-0.25, -0.2) is 4.39 Å². The topological polar surface area (TPSA) is 42.2 Å². The Morgan fingerprint density at radius 1 is 1.00 bits per heavy atom. The molecule has 0 amide bonds. The van der Waals surface area contributed by atoms with Gasteiger partial charge in [0.2, 0.25) is 0 Å². The highest BCUT2D eigenvalue weighted by Crippen LogP contribution is 2.28. The Labute approximate surface area is 143 Å². The first-order chi connectivity index (χ1) is 11.5. The number of carbonyl (C=O) groups is 1. The summed E-state index contributed by atoms with van der Waals surface area (Å²) in [6, 6.07) is 17.4. The molecule has 0 radical (unpaired) electrons.